The first-order valence-electron chi connectivity index (χ1n) is 13.2. The van der Waals surface area contributed by atoms with E-state index in [1.807, 2.05) is 0 Å². The Morgan fingerprint density at radius 3 is 2.47 bits per heavy atom. The second-order valence-electron chi connectivity index (χ2n) is 10.2. The molecule has 10 heteroatoms. The predicted molar refractivity (Wildman–Crippen MR) is 139 cm³/mol. The lowest BCUT2D eigenvalue weighted by Gasteiger charge is -2.31. The first-order valence-corrected chi connectivity index (χ1v) is 13.2. The number of fused-ring (bicyclic) bond motifs is 1. The molecule has 5 rings (SSSR count). The topological polar surface area (TPSA) is 112 Å². The summed E-state index contributed by atoms with van der Waals surface area (Å²) >= 11 is 0. The molecule has 0 atom stereocenters. The fraction of sp³-hybridized carbons (Fsp3) is 0.464. The smallest absolute Gasteiger partial charge is 0.337 e. The Balaban J connectivity index is 1.48. The number of methoxy groups -OCH3 is 1. The van der Waals surface area contributed by atoms with Gasteiger partial charge in [-0.05, 0) is 62.8 Å². The highest BCUT2D eigenvalue weighted by Crippen LogP contribution is 2.29. The first-order chi connectivity index (χ1) is 18.4. The van der Waals surface area contributed by atoms with E-state index in [-0.39, 0.29) is 34.5 Å². The van der Waals surface area contributed by atoms with Gasteiger partial charge in [0.2, 0.25) is 5.91 Å². The SMILES string of the molecule is COC(=O)c1cccc(-n2c(=O)n([C@H]3CC[C@@H](NC(=O)C4CCCCC4)CC3)c(=O)c3cc(F)cnc32)c1. The van der Waals surface area contributed by atoms with E-state index in [4.69, 9.17) is 4.74 Å². The van der Waals surface area contributed by atoms with E-state index in [0.29, 0.717) is 31.4 Å². The number of halogens is 1. The van der Waals surface area contributed by atoms with Crippen molar-refractivity contribution >= 4 is 22.9 Å². The van der Waals surface area contributed by atoms with Crippen LogP contribution in [0.15, 0.2) is 46.1 Å². The molecule has 2 aromatic heterocycles. The van der Waals surface area contributed by atoms with Gasteiger partial charge in [0.15, 0.2) is 5.65 Å². The highest BCUT2D eigenvalue weighted by Gasteiger charge is 2.30. The molecule has 0 radical (unpaired) electrons. The number of carbonyl (C=O) groups excluding carboxylic acids is 2. The van der Waals surface area contributed by atoms with Crippen LogP contribution < -0.4 is 16.6 Å². The molecular formula is C28H31FN4O5. The molecule has 2 aliphatic carbocycles. The molecule has 0 aliphatic heterocycles. The van der Waals surface area contributed by atoms with Gasteiger partial charge in [0, 0.05) is 18.0 Å². The second-order valence-corrected chi connectivity index (χ2v) is 10.2. The summed E-state index contributed by atoms with van der Waals surface area (Å²) in [5.41, 5.74) is -0.679. The normalized spacial score (nSPS) is 20.3. The minimum Gasteiger partial charge on any atom is -0.465 e. The Labute approximate surface area is 218 Å². The summed E-state index contributed by atoms with van der Waals surface area (Å²) in [7, 11) is 1.26. The van der Waals surface area contributed by atoms with Gasteiger partial charge in [-0.25, -0.2) is 23.5 Å². The molecular weight excluding hydrogens is 491 g/mol. The highest BCUT2D eigenvalue weighted by molar-refractivity contribution is 5.90. The van der Waals surface area contributed by atoms with Crippen LogP contribution in [0.1, 0.15) is 74.2 Å². The van der Waals surface area contributed by atoms with Crippen molar-refractivity contribution in [3.8, 4) is 5.69 Å². The Kier molecular flexibility index (Phi) is 7.40. The molecule has 0 saturated heterocycles. The number of nitrogens with one attached hydrogen (secondary N) is 1. The lowest BCUT2D eigenvalue weighted by atomic mass is 9.87. The van der Waals surface area contributed by atoms with Gasteiger partial charge in [-0.1, -0.05) is 25.3 Å². The van der Waals surface area contributed by atoms with Crippen molar-refractivity contribution in [2.75, 3.05) is 7.11 Å². The maximum atomic E-state index is 14.2. The molecule has 2 heterocycles. The van der Waals surface area contributed by atoms with Crippen LogP contribution in [0.25, 0.3) is 16.7 Å². The largest absolute Gasteiger partial charge is 0.465 e. The molecule has 2 fully saturated rings. The molecule has 3 aromatic rings. The highest BCUT2D eigenvalue weighted by atomic mass is 19.1. The van der Waals surface area contributed by atoms with Crippen LogP contribution in [-0.4, -0.2) is 39.1 Å². The molecule has 2 saturated carbocycles. The maximum Gasteiger partial charge on any atom is 0.337 e. The van der Waals surface area contributed by atoms with Crippen molar-refractivity contribution in [1.29, 1.82) is 0 Å². The number of carbonyl (C=O) groups is 2. The molecule has 1 aromatic carbocycles. The molecule has 38 heavy (non-hydrogen) atoms. The van der Waals surface area contributed by atoms with E-state index in [2.05, 4.69) is 10.3 Å². The number of nitrogens with zero attached hydrogens (tertiary/aromatic N) is 3. The Hall–Kier alpha value is -3.82. The van der Waals surface area contributed by atoms with Crippen molar-refractivity contribution < 1.29 is 18.7 Å². The van der Waals surface area contributed by atoms with Gasteiger partial charge in [-0.15, -0.1) is 0 Å². The summed E-state index contributed by atoms with van der Waals surface area (Å²) in [6, 6.07) is 6.90. The first kappa shape index (κ1) is 25.8. The average molecular weight is 523 g/mol. The van der Waals surface area contributed by atoms with Gasteiger partial charge in [-0.2, -0.15) is 0 Å². The number of aromatic nitrogens is 3. The van der Waals surface area contributed by atoms with Crippen LogP contribution in [0.2, 0.25) is 0 Å². The lowest BCUT2D eigenvalue weighted by molar-refractivity contribution is -0.126. The zero-order valence-electron chi connectivity index (χ0n) is 21.3. The van der Waals surface area contributed by atoms with E-state index in [0.717, 1.165) is 37.9 Å². The minimum absolute atomic E-state index is 0.00471. The summed E-state index contributed by atoms with van der Waals surface area (Å²) in [5, 5.41) is 3.15. The number of benzene rings is 1. The van der Waals surface area contributed by atoms with Crippen molar-refractivity contribution in [3.63, 3.8) is 0 Å². The van der Waals surface area contributed by atoms with Gasteiger partial charge in [0.05, 0.1) is 29.9 Å². The van der Waals surface area contributed by atoms with Crippen molar-refractivity contribution in [2.24, 2.45) is 5.92 Å². The molecule has 2 aliphatic rings. The summed E-state index contributed by atoms with van der Waals surface area (Å²) in [6.07, 6.45) is 8.44. The average Bonchev–Trinajstić information content (AvgIpc) is 2.94. The number of pyridine rings is 1. The predicted octanol–water partition coefficient (Wildman–Crippen LogP) is 3.65. The standard InChI is InChI=1S/C28H31FN4O5/c1-38-27(36)18-8-5-9-22(14-18)32-24-23(15-19(29)16-30-24)26(35)33(28(32)37)21-12-10-20(11-13-21)31-25(34)17-6-3-2-4-7-17/h5,8-9,14-17,20-21H,2-4,6-7,10-13H2,1H3,(H,31,34)/t20-,21+. The fourth-order valence-corrected chi connectivity index (χ4v) is 5.79. The lowest BCUT2D eigenvalue weighted by Crippen LogP contribution is -2.46. The quantitative estimate of drug-likeness (QED) is 0.512. The molecule has 0 bridgehead atoms. The Bertz CT molecular complexity index is 1480. The van der Waals surface area contributed by atoms with Crippen LogP contribution >= 0.6 is 0 Å². The third-order valence-electron chi connectivity index (χ3n) is 7.80. The van der Waals surface area contributed by atoms with E-state index >= 15 is 0 Å². The number of hydrogen-bond donors (Lipinski definition) is 1. The number of ether oxygens (including phenoxy) is 1. The van der Waals surface area contributed by atoms with E-state index < -0.39 is 29.1 Å². The second kappa shape index (κ2) is 10.9. The minimum atomic E-state index is -0.691. The van der Waals surface area contributed by atoms with E-state index in [9.17, 15) is 23.6 Å². The Morgan fingerprint density at radius 2 is 1.76 bits per heavy atom. The molecule has 0 spiro atoms. The summed E-state index contributed by atoms with van der Waals surface area (Å²) in [4.78, 5) is 56.2. The van der Waals surface area contributed by atoms with Gasteiger partial charge < -0.3 is 10.1 Å². The molecule has 9 nitrogen and oxygen atoms in total. The van der Waals surface area contributed by atoms with E-state index in [1.54, 1.807) is 18.2 Å². The van der Waals surface area contributed by atoms with Crippen molar-refractivity contribution in [3.05, 3.63) is 68.7 Å². The van der Waals surface area contributed by atoms with E-state index in [1.165, 1.54) is 28.7 Å². The molecule has 0 unspecified atom stereocenters. The van der Waals surface area contributed by atoms with Crippen molar-refractivity contribution in [1.82, 2.24) is 19.4 Å². The van der Waals surface area contributed by atoms with Crippen LogP contribution in [0.3, 0.4) is 0 Å². The Morgan fingerprint density at radius 1 is 1.03 bits per heavy atom. The van der Waals surface area contributed by atoms with Crippen LogP contribution in [-0.2, 0) is 9.53 Å². The van der Waals surface area contributed by atoms with Gasteiger partial charge in [0.25, 0.3) is 5.56 Å². The van der Waals surface area contributed by atoms with Gasteiger partial charge >= 0.3 is 11.7 Å². The zero-order chi connectivity index (χ0) is 26.8. The summed E-state index contributed by atoms with van der Waals surface area (Å²) in [5.74, 6) is -1.10. The maximum absolute atomic E-state index is 14.2. The van der Waals surface area contributed by atoms with Crippen molar-refractivity contribution in [2.45, 2.75) is 69.9 Å². The van der Waals surface area contributed by atoms with Crippen LogP contribution in [0, 0.1) is 11.7 Å². The summed E-state index contributed by atoms with van der Waals surface area (Å²) < 4.78 is 21.4. The third kappa shape index (κ3) is 4.99. The monoisotopic (exact) mass is 522 g/mol. The van der Waals surface area contributed by atoms with Gasteiger partial charge in [0.1, 0.15) is 5.82 Å². The number of rotatable bonds is 5. The third-order valence-corrected chi connectivity index (χ3v) is 7.80. The molecule has 1 N–H and O–H groups in total. The number of hydrogen-bond acceptors (Lipinski definition) is 6. The number of amides is 1. The number of esters is 1. The van der Waals surface area contributed by atoms with Crippen LogP contribution in [0.4, 0.5) is 4.39 Å². The zero-order valence-corrected chi connectivity index (χ0v) is 21.3. The molecule has 200 valence electrons. The summed E-state index contributed by atoms with van der Waals surface area (Å²) in [6.45, 7) is 0. The molecule has 1 amide bonds. The van der Waals surface area contributed by atoms with Gasteiger partial charge in [-0.3, -0.25) is 14.2 Å². The fourth-order valence-electron chi connectivity index (χ4n) is 5.79. The van der Waals surface area contributed by atoms with Crippen LogP contribution in [0.5, 0.6) is 0 Å².